The number of aromatic amines is 1. The molecule has 1 aliphatic rings. The number of rotatable bonds is 6. The van der Waals surface area contributed by atoms with Crippen molar-refractivity contribution in [3.05, 3.63) is 77.4 Å². The van der Waals surface area contributed by atoms with Gasteiger partial charge in [-0.25, -0.2) is 9.97 Å². The van der Waals surface area contributed by atoms with Gasteiger partial charge in [-0.1, -0.05) is 42.3 Å². The number of likely N-dealkylation sites (N-methyl/N-ethyl adjacent to an activating group) is 1. The van der Waals surface area contributed by atoms with Gasteiger partial charge in [-0.15, -0.1) is 0 Å². The quantitative estimate of drug-likeness (QED) is 0.440. The van der Waals surface area contributed by atoms with E-state index in [0.717, 1.165) is 59.9 Å². The van der Waals surface area contributed by atoms with Crippen LogP contribution < -0.4 is 5.32 Å². The molecule has 0 radical (unpaired) electrons. The first-order valence-electron chi connectivity index (χ1n) is 10.6. The minimum absolute atomic E-state index is 0.291. The van der Waals surface area contributed by atoms with E-state index in [4.69, 9.17) is 11.6 Å². The van der Waals surface area contributed by atoms with Crippen molar-refractivity contribution in [3.8, 4) is 11.8 Å². The number of fused-ring (bicyclic) bond motifs is 1. The maximum atomic E-state index is 6.20. The van der Waals surface area contributed by atoms with Crippen molar-refractivity contribution < 1.29 is 0 Å². The molecule has 3 heterocycles. The summed E-state index contributed by atoms with van der Waals surface area (Å²) in [7, 11) is 4.11. The monoisotopic (exact) mass is 446 g/mol. The number of nitrogens with one attached hydrogen (secondary N) is 2. The Labute approximate surface area is 194 Å². The van der Waals surface area contributed by atoms with E-state index < -0.39 is 0 Å². The van der Waals surface area contributed by atoms with E-state index in [2.05, 4.69) is 74.7 Å². The van der Waals surface area contributed by atoms with Crippen LogP contribution in [0.1, 0.15) is 17.7 Å². The smallest absolute Gasteiger partial charge is 0.143 e. The summed E-state index contributed by atoms with van der Waals surface area (Å²) in [4.78, 5) is 16.5. The zero-order chi connectivity index (χ0) is 22.5. The van der Waals surface area contributed by atoms with Crippen LogP contribution in [0.15, 0.2) is 61.1 Å². The highest BCUT2D eigenvalue weighted by Crippen LogP contribution is 2.24. The lowest BCUT2D eigenvalue weighted by Crippen LogP contribution is -2.25. The van der Waals surface area contributed by atoms with Crippen LogP contribution in [0.4, 0.5) is 5.82 Å². The van der Waals surface area contributed by atoms with Crippen LogP contribution in [0, 0.1) is 11.8 Å². The molecule has 0 spiro atoms. The van der Waals surface area contributed by atoms with E-state index in [1.54, 1.807) is 6.33 Å². The molecule has 0 aliphatic carbocycles. The van der Waals surface area contributed by atoms with Crippen molar-refractivity contribution in [2.24, 2.45) is 0 Å². The highest BCUT2D eigenvalue weighted by Gasteiger charge is 2.23. The molecule has 1 saturated heterocycles. The largest absolute Gasteiger partial charge is 0.370 e. The minimum atomic E-state index is 0.291. The van der Waals surface area contributed by atoms with Crippen LogP contribution in [0.25, 0.3) is 11.0 Å². The van der Waals surface area contributed by atoms with Crippen molar-refractivity contribution in [2.45, 2.75) is 12.5 Å². The Morgan fingerprint density at radius 1 is 1.34 bits per heavy atom. The molecule has 2 N–H and O–H groups in total. The number of hydrogen-bond acceptors (Lipinski definition) is 5. The molecule has 0 bridgehead atoms. The van der Waals surface area contributed by atoms with Gasteiger partial charge in [0.05, 0.1) is 16.1 Å². The lowest BCUT2D eigenvalue weighted by molar-refractivity contribution is 0.434. The SMILES string of the molecule is C=C(/C=C/CN(C)C)N1CC[C@@H](Nc2ncnc3[nH]c(C#Cc4ccccc4Cl)cc23)C1. The first kappa shape index (κ1) is 21.9. The van der Waals surface area contributed by atoms with Crippen LogP contribution >= 0.6 is 11.6 Å². The van der Waals surface area contributed by atoms with E-state index in [1.165, 1.54) is 0 Å². The van der Waals surface area contributed by atoms with Crippen molar-refractivity contribution in [1.29, 1.82) is 0 Å². The van der Waals surface area contributed by atoms with E-state index in [-0.39, 0.29) is 0 Å². The van der Waals surface area contributed by atoms with E-state index in [1.807, 2.05) is 30.3 Å². The number of hydrogen-bond donors (Lipinski definition) is 2. The van der Waals surface area contributed by atoms with E-state index >= 15 is 0 Å². The molecule has 164 valence electrons. The average molecular weight is 447 g/mol. The number of aromatic nitrogens is 3. The van der Waals surface area contributed by atoms with Crippen LogP contribution in [0.5, 0.6) is 0 Å². The fourth-order valence-corrected chi connectivity index (χ4v) is 3.84. The standard InChI is InChI=1S/C25H27ClN6/c1-18(7-6-13-31(2)3)32-14-12-21(16-32)30-25-22-15-20(29-24(22)27-17-28-25)11-10-19-8-4-5-9-23(19)26/h4-9,15,17,21H,1,12-14,16H2,2-3H3,(H2,27,28,29,30)/b7-6+/t21-/m1/s1. The van der Waals surface area contributed by atoms with Crippen LogP contribution in [-0.4, -0.2) is 64.5 Å². The maximum absolute atomic E-state index is 6.20. The second kappa shape index (κ2) is 9.90. The summed E-state index contributed by atoms with van der Waals surface area (Å²) < 4.78 is 0. The molecule has 1 aliphatic heterocycles. The summed E-state index contributed by atoms with van der Waals surface area (Å²) in [5.41, 5.74) is 3.37. The third-order valence-corrected chi connectivity index (χ3v) is 5.68. The van der Waals surface area contributed by atoms with Gasteiger partial charge in [-0.05, 0) is 50.7 Å². The Bertz CT molecular complexity index is 1200. The second-order valence-corrected chi connectivity index (χ2v) is 8.54. The third-order valence-electron chi connectivity index (χ3n) is 5.35. The highest BCUT2D eigenvalue weighted by atomic mass is 35.5. The fourth-order valence-electron chi connectivity index (χ4n) is 3.66. The lowest BCUT2D eigenvalue weighted by atomic mass is 10.2. The van der Waals surface area contributed by atoms with Crippen molar-refractivity contribution >= 4 is 28.5 Å². The molecule has 4 rings (SSSR count). The number of halogens is 1. The first-order valence-corrected chi connectivity index (χ1v) is 11.0. The van der Waals surface area contributed by atoms with E-state index in [9.17, 15) is 0 Å². The molecule has 3 aromatic rings. The Kier molecular flexibility index (Phi) is 6.79. The number of H-pyrrole nitrogens is 1. The topological polar surface area (TPSA) is 60.1 Å². The zero-order valence-corrected chi connectivity index (χ0v) is 19.2. The summed E-state index contributed by atoms with van der Waals surface area (Å²) in [6, 6.07) is 9.83. The van der Waals surface area contributed by atoms with Gasteiger partial charge >= 0.3 is 0 Å². The van der Waals surface area contributed by atoms with Gasteiger partial charge < -0.3 is 20.1 Å². The van der Waals surface area contributed by atoms with Gasteiger partial charge in [0, 0.05) is 36.9 Å². The number of nitrogens with zero attached hydrogens (tertiary/aromatic N) is 4. The molecule has 0 unspecified atom stereocenters. The van der Waals surface area contributed by atoms with Crippen molar-refractivity contribution in [1.82, 2.24) is 24.8 Å². The predicted octanol–water partition coefficient (Wildman–Crippen LogP) is 4.13. The van der Waals surface area contributed by atoms with Crippen LogP contribution in [0.3, 0.4) is 0 Å². The van der Waals surface area contributed by atoms with E-state index in [0.29, 0.717) is 11.1 Å². The Hall–Kier alpha value is -3.27. The molecule has 6 nitrogen and oxygen atoms in total. The summed E-state index contributed by atoms with van der Waals surface area (Å²) in [5, 5.41) is 5.15. The van der Waals surface area contributed by atoms with Gasteiger partial charge in [-0.3, -0.25) is 0 Å². The Morgan fingerprint density at radius 2 is 2.19 bits per heavy atom. The first-order chi connectivity index (χ1) is 15.5. The Morgan fingerprint density at radius 3 is 3.00 bits per heavy atom. The van der Waals surface area contributed by atoms with Gasteiger partial charge in [0.25, 0.3) is 0 Å². The summed E-state index contributed by atoms with van der Waals surface area (Å²) in [6.07, 6.45) is 6.83. The average Bonchev–Trinajstić information content (AvgIpc) is 3.40. The van der Waals surface area contributed by atoms with Crippen molar-refractivity contribution in [3.63, 3.8) is 0 Å². The van der Waals surface area contributed by atoms with Gasteiger partial charge in [0.2, 0.25) is 0 Å². The molecular weight excluding hydrogens is 420 g/mol. The number of anilines is 1. The summed E-state index contributed by atoms with van der Waals surface area (Å²) >= 11 is 6.20. The summed E-state index contributed by atoms with van der Waals surface area (Å²) in [5.74, 6) is 7.08. The minimum Gasteiger partial charge on any atom is -0.370 e. The van der Waals surface area contributed by atoms with Crippen LogP contribution in [0.2, 0.25) is 5.02 Å². The third kappa shape index (κ3) is 5.31. The molecule has 0 saturated carbocycles. The van der Waals surface area contributed by atoms with Crippen LogP contribution in [-0.2, 0) is 0 Å². The van der Waals surface area contributed by atoms with Crippen molar-refractivity contribution in [2.75, 3.05) is 39.0 Å². The maximum Gasteiger partial charge on any atom is 0.143 e. The second-order valence-electron chi connectivity index (χ2n) is 8.13. The zero-order valence-electron chi connectivity index (χ0n) is 18.4. The summed E-state index contributed by atoms with van der Waals surface area (Å²) in [6.45, 7) is 6.98. The molecule has 1 fully saturated rings. The fraction of sp³-hybridized carbons (Fsp3) is 0.280. The predicted molar refractivity (Wildman–Crippen MR) is 132 cm³/mol. The highest BCUT2D eigenvalue weighted by molar-refractivity contribution is 6.31. The molecule has 0 amide bonds. The normalized spacial score (nSPS) is 16.0. The lowest BCUT2D eigenvalue weighted by Gasteiger charge is -2.19. The number of benzene rings is 1. The molecule has 32 heavy (non-hydrogen) atoms. The molecule has 1 aromatic carbocycles. The Balaban J connectivity index is 1.45. The van der Waals surface area contributed by atoms with Gasteiger partial charge in [0.1, 0.15) is 17.8 Å². The molecule has 2 aromatic heterocycles. The molecule has 7 heteroatoms. The number of likely N-dealkylation sites (tertiary alicyclic amines) is 1. The molecule has 1 atom stereocenters. The van der Waals surface area contributed by atoms with Gasteiger partial charge in [-0.2, -0.15) is 0 Å². The molecular formula is C25H27ClN6. The van der Waals surface area contributed by atoms with Gasteiger partial charge in [0.15, 0.2) is 0 Å². The number of allylic oxidation sites excluding steroid dienone is 1.